The minimum absolute atomic E-state index is 0.276. The van der Waals surface area contributed by atoms with E-state index in [9.17, 15) is 0 Å². The number of hydrogen-bond acceptors (Lipinski definition) is 5. The molecule has 0 spiro atoms. The molecule has 3 heterocycles. The van der Waals surface area contributed by atoms with E-state index in [1.54, 1.807) is 10.9 Å². The predicted molar refractivity (Wildman–Crippen MR) is 76.9 cm³/mol. The normalized spacial score (nSPS) is 19.4. The van der Waals surface area contributed by atoms with Crippen molar-refractivity contribution >= 4 is 17.4 Å². The van der Waals surface area contributed by atoms with Gasteiger partial charge in [0.2, 0.25) is 0 Å². The first-order valence-corrected chi connectivity index (χ1v) is 6.90. The van der Waals surface area contributed by atoms with Gasteiger partial charge < -0.3 is 9.64 Å². The van der Waals surface area contributed by atoms with Gasteiger partial charge >= 0.3 is 0 Å². The number of aryl methyl sites for hydroxylation is 1. The van der Waals surface area contributed by atoms with Crippen molar-refractivity contribution in [3.05, 3.63) is 23.5 Å². The molecular formula is C13H16ClN5O. The van der Waals surface area contributed by atoms with Crippen LogP contribution in [0, 0.1) is 0 Å². The Kier molecular flexibility index (Phi) is 3.58. The molecule has 1 aliphatic heterocycles. The van der Waals surface area contributed by atoms with Crippen molar-refractivity contribution in [2.75, 3.05) is 24.7 Å². The van der Waals surface area contributed by atoms with Crippen LogP contribution >= 0.6 is 11.6 Å². The second-order valence-electron chi connectivity index (χ2n) is 4.86. The highest BCUT2D eigenvalue weighted by Crippen LogP contribution is 2.29. The molecular weight excluding hydrogens is 278 g/mol. The van der Waals surface area contributed by atoms with Crippen molar-refractivity contribution in [2.24, 2.45) is 7.05 Å². The number of nitrogens with zero attached hydrogens (tertiary/aromatic N) is 5. The highest BCUT2D eigenvalue weighted by atomic mass is 35.5. The average Bonchev–Trinajstić information content (AvgIpc) is 2.86. The lowest BCUT2D eigenvalue weighted by atomic mass is 10.2. The van der Waals surface area contributed by atoms with Gasteiger partial charge in [0.1, 0.15) is 0 Å². The van der Waals surface area contributed by atoms with Crippen LogP contribution in [0.15, 0.2) is 18.3 Å². The molecule has 1 atom stereocenters. The Morgan fingerprint density at radius 2 is 2.25 bits per heavy atom. The Bertz CT molecular complexity index is 615. The van der Waals surface area contributed by atoms with Crippen LogP contribution in [0.3, 0.4) is 0 Å². The van der Waals surface area contributed by atoms with Gasteiger partial charge in [-0.1, -0.05) is 11.6 Å². The van der Waals surface area contributed by atoms with Gasteiger partial charge in [-0.05, 0) is 19.1 Å². The standard InChI is InChI=1S/C13H16ClN5O/c1-9-8-20-6-5-19(9)12-7-10(13(14)17-16-12)11-3-4-15-18(11)2/h3-4,7,9H,5-6,8H2,1-2H3. The molecule has 0 bridgehead atoms. The topological polar surface area (TPSA) is 56.1 Å². The van der Waals surface area contributed by atoms with Gasteiger partial charge in [-0.15, -0.1) is 10.2 Å². The predicted octanol–water partition coefficient (Wildman–Crippen LogP) is 1.76. The second-order valence-corrected chi connectivity index (χ2v) is 5.22. The summed E-state index contributed by atoms with van der Waals surface area (Å²) in [5.41, 5.74) is 1.77. The fraction of sp³-hybridized carbons (Fsp3) is 0.462. The van der Waals surface area contributed by atoms with Crippen LogP contribution in [0.5, 0.6) is 0 Å². The van der Waals surface area contributed by atoms with Crippen molar-refractivity contribution in [2.45, 2.75) is 13.0 Å². The molecule has 2 aromatic rings. The molecule has 1 aliphatic rings. The van der Waals surface area contributed by atoms with E-state index in [0.29, 0.717) is 18.4 Å². The maximum atomic E-state index is 6.18. The third-order valence-electron chi connectivity index (χ3n) is 3.49. The van der Waals surface area contributed by atoms with E-state index in [4.69, 9.17) is 16.3 Å². The Morgan fingerprint density at radius 1 is 1.40 bits per heavy atom. The van der Waals surface area contributed by atoms with Gasteiger partial charge in [-0.3, -0.25) is 4.68 Å². The number of hydrogen-bond donors (Lipinski definition) is 0. The van der Waals surface area contributed by atoms with E-state index in [0.717, 1.165) is 23.6 Å². The molecule has 1 saturated heterocycles. The van der Waals surface area contributed by atoms with E-state index in [-0.39, 0.29) is 6.04 Å². The Hall–Kier alpha value is -1.66. The third kappa shape index (κ3) is 2.36. The van der Waals surface area contributed by atoms with Crippen molar-refractivity contribution < 1.29 is 4.74 Å². The monoisotopic (exact) mass is 293 g/mol. The van der Waals surface area contributed by atoms with Crippen molar-refractivity contribution in [3.8, 4) is 11.3 Å². The summed E-state index contributed by atoms with van der Waals surface area (Å²) in [7, 11) is 1.88. The van der Waals surface area contributed by atoms with Crippen LogP contribution in [0.4, 0.5) is 5.82 Å². The maximum absolute atomic E-state index is 6.18. The molecule has 6 nitrogen and oxygen atoms in total. The summed E-state index contributed by atoms with van der Waals surface area (Å²) >= 11 is 6.18. The zero-order valence-electron chi connectivity index (χ0n) is 11.5. The molecule has 7 heteroatoms. The summed E-state index contributed by atoms with van der Waals surface area (Å²) < 4.78 is 7.22. The molecule has 1 unspecified atom stereocenters. The van der Waals surface area contributed by atoms with Crippen LogP contribution < -0.4 is 4.90 Å². The molecule has 20 heavy (non-hydrogen) atoms. The molecule has 106 valence electrons. The van der Waals surface area contributed by atoms with Crippen molar-refractivity contribution in [3.63, 3.8) is 0 Å². The molecule has 0 amide bonds. The molecule has 0 aromatic carbocycles. The fourth-order valence-corrected chi connectivity index (χ4v) is 2.58. The van der Waals surface area contributed by atoms with Crippen LogP contribution in [0.1, 0.15) is 6.92 Å². The minimum Gasteiger partial charge on any atom is -0.377 e. The third-order valence-corrected chi connectivity index (χ3v) is 3.77. The summed E-state index contributed by atoms with van der Waals surface area (Å²) in [6, 6.07) is 4.16. The lowest BCUT2D eigenvalue weighted by molar-refractivity contribution is 0.0984. The first-order valence-electron chi connectivity index (χ1n) is 6.53. The SMILES string of the molecule is CC1COCCN1c1cc(-c2ccnn2C)c(Cl)nn1. The van der Waals surface area contributed by atoms with E-state index in [1.165, 1.54) is 0 Å². The molecule has 0 N–H and O–H groups in total. The Labute approximate surface area is 122 Å². The number of halogens is 1. The lowest BCUT2D eigenvalue weighted by Gasteiger charge is -2.34. The first kappa shape index (κ1) is 13.3. The number of ether oxygens (including phenoxy) is 1. The quantitative estimate of drug-likeness (QED) is 0.844. The van der Waals surface area contributed by atoms with Gasteiger partial charge in [-0.2, -0.15) is 5.10 Å². The zero-order chi connectivity index (χ0) is 14.1. The number of rotatable bonds is 2. The van der Waals surface area contributed by atoms with Crippen LogP contribution in [-0.2, 0) is 11.8 Å². The molecule has 0 radical (unpaired) electrons. The van der Waals surface area contributed by atoms with Crippen LogP contribution in [-0.4, -0.2) is 45.8 Å². The number of morpholine rings is 1. The summed E-state index contributed by atoms with van der Waals surface area (Å²) in [5, 5.41) is 12.8. The average molecular weight is 294 g/mol. The molecule has 1 fully saturated rings. The van der Waals surface area contributed by atoms with Gasteiger partial charge in [0.25, 0.3) is 0 Å². The zero-order valence-corrected chi connectivity index (χ0v) is 12.2. The van der Waals surface area contributed by atoms with E-state index < -0.39 is 0 Å². The summed E-state index contributed by atoms with van der Waals surface area (Å²) in [5.74, 6) is 0.821. The second kappa shape index (κ2) is 5.38. The van der Waals surface area contributed by atoms with E-state index in [2.05, 4.69) is 27.1 Å². The molecule has 2 aromatic heterocycles. The van der Waals surface area contributed by atoms with Crippen molar-refractivity contribution in [1.82, 2.24) is 20.0 Å². The van der Waals surface area contributed by atoms with Gasteiger partial charge in [0.15, 0.2) is 11.0 Å². The van der Waals surface area contributed by atoms with Gasteiger partial charge in [-0.25, -0.2) is 0 Å². The smallest absolute Gasteiger partial charge is 0.161 e. The van der Waals surface area contributed by atoms with E-state index in [1.807, 2.05) is 19.2 Å². The minimum atomic E-state index is 0.276. The molecule has 0 saturated carbocycles. The van der Waals surface area contributed by atoms with Gasteiger partial charge in [0, 0.05) is 25.4 Å². The van der Waals surface area contributed by atoms with Crippen LogP contribution in [0.25, 0.3) is 11.3 Å². The first-order chi connectivity index (χ1) is 9.66. The molecule has 3 rings (SSSR count). The van der Waals surface area contributed by atoms with Crippen molar-refractivity contribution in [1.29, 1.82) is 0 Å². The highest BCUT2D eigenvalue weighted by molar-refractivity contribution is 6.32. The maximum Gasteiger partial charge on any atom is 0.161 e. The molecule has 0 aliphatic carbocycles. The highest BCUT2D eigenvalue weighted by Gasteiger charge is 2.22. The summed E-state index contributed by atoms with van der Waals surface area (Å²) in [6.45, 7) is 4.32. The fourth-order valence-electron chi connectivity index (χ4n) is 2.39. The van der Waals surface area contributed by atoms with Gasteiger partial charge in [0.05, 0.1) is 24.9 Å². The Balaban J connectivity index is 2.00. The lowest BCUT2D eigenvalue weighted by Crippen LogP contribution is -2.44. The Morgan fingerprint density at radius 3 is 2.95 bits per heavy atom. The largest absolute Gasteiger partial charge is 0.377 e. The van der Waals surface area contributed by atoms with E-state index >= 15 is 0 Å². The summed E-state index contributed by atoms with van der Waals surface area (Å²) in [6.07, 6.45) is 1.74. The number of anilines is 1. The summed E-state index contributed by atoms with van der Waals surface area (Å²) in [4.78, 5) is 2.19. The number of aromatic nitrogens is 4. The van der Waals surface area contributed by atoms with Crippen LogP contribution in [0.2, 0.25) is 5.15 Å².